The number of aromatic hydroxyl groups is 2. The molecule has 2 aromatic carbocycles. The van der Waals surface area contributed by atoms with Crippen LogP contribution in [-0.2, 0) is 14.2 Å². The topological polar surface area (TPSA) is 234 Å². The van der Waals surface area contributed by atoms with Crippen molar-refractivity contribution in [2.24, 2.45) is 0 Å². The van der Waals surface area contributed by atoms with Gasteiger partial charge in [-0.1, -0.05) is 6.07 Å². The van der Waals surface area contributed by atoms with E-state index in [4.69, 9.17) is 28.4 Å². The van der Waals surface area contributed by atoms with Crippen molar-refractivity contribution in [1.82, 2.24) is 0 Å². The van der Waals surface area contributed by atoms with Gasteiger partial charge in [0.2, 0.25) is 6.29 Å². The molecule has 2 fully saturated rings. The van der Waals surface area contributed by atoms with Crippen LogP contribution in [0.25, 0.3) is 0 Å². The number of phenols is 2. The molecule has 8 N–H and O–H groups in total. The number of ether oxygens (including phenoxy) is 6. The Balaban J connectivity index is 1.30. The number of aliphatic hydroxyl groups is 6. The minimum Gasteiger partial charge on any atom is -0.507 e. The molecule has 0 amide bonds. The van der Waals surface area contributed by atoms with Crippen molar-refractivity contribution < 1.29 is 74.1 Å². The standard InChI is InChI=1S/C28H34O15/c1-10-21(32)23(34)25(36)27(40-10)39-9-19-22(33)24(35)26(37)28(43-19)41-12-6-14(30)20-15(31)8-17(42-18(20)7-12)11-3-4-16(38-2)13(29)5-11/h3-7,10,17,19,21-30,32-37H,8-9H2,1-2H3/t10?,17-,19?,21?,22?,23?,24?,25-,26-,27?,28?/m0/s1. The Bertz CT molecular complexity index is 1320. The van der Waals surface area contributed by atoms with Gasteiger partial charge in [0.05, 0.1) is 26.2 Å². The second-order valence-electron chi connectivity index (χ2n) is 10.6. The third kappa shape index (κ3) is 6.08. The van der Waals surface area contributed by atoms with Crippen molar-refractivity contribution in [3.63, 3.8) is 0 Å². The van der Waals surface area contributed by atoms with E-state index in [0.29, 0.717) is 5.56 Å². The van der Waals surface area contributed by atoms with Gasteiger partial charge in [-0.25, -0.2) is 0 Å². The fourth-order valence-corrected chi connectivity index (χ4v) is 5.20. The van der Waals surface area contributed by atoms with Crippen molar-refractivity contribution in [3.05, 3.63) is 41.5 Å². The first-order chi connectivity index (χ1) is 20.4. The van der Waals surface area contributed by atoms with E-state index in [-0.39, 0.29) is 35.0 Å². The van der Waals surface area contributed by atoms with E-state index in [1.165, 1.54) is 32.2 Å². The fraction of sp³-hybridized carbons (Fsp3) is 0.536. The molecule has 0 aromatic heterocycles. The molecule has 0 aliphatic carbocycles. The number of carbonyl (C=O) groups is 1. The molecule has 43 heavy (non-hydrogen) atoms. The molecule has 2 saturated heterocycles. The number of methoxy groups -OCH3 is 1. The Labute approximate surface area is 245 Å². The number of aliphatic hydroxyl groups excluding tert-OH is 6. The summed E-state index contributed by atoms with van der Waals surface area (Å²) in [6.45, 7) is 0.964. The van der Waals surface area contributed by atoms with Crippen LogP contribution < -0.4 is 14.2 Å². The number of hydrogen-bond donors (Lipinski definition) is 8. The molecular weight excluding hydrogens is 576 g/mol. The van der Waals surface area contributed by atoms with E-state index >= 15 is 0 Å². The molecule has 11 atom stereocenters. The smallest absolute Gasteiger partial charge is 0.229 e. The van der Waals surface area contributed by atoms with E-state index in [1.807, 2.05) is 0 Å². The Morgan fingerprint density at radius 1 is 0.837 bits per heavy atom. The number of phenolic OH excluding ortho intramolecular Hbond substituents is 2. The lowest BCUT2D eigenvalue weighted by atomic mass is 9.95. The maximum Gasteiger partial charge on any atom is 0.229 e. The molecular formula is C28H34O15. The Hall–Kier alpha value is -3.25. The van der Waals surface area contributed by atoms with Gasteiger partial charge in [0, 0.05) is 12.1 Å². The lowest BCUT2D eigenvalue weighted by Crippen LogP contribution is -2.61. The maximum absolute atomic E-state index is 12.9. The summed E-state index contributed by atoms with van der Waals surface area (Å²) in [5.74, 6) is -0.999. The van der Waals surface area contributed by atoms with Crippen LogP contribution in [0.3, 0.4) is 0 Å². The summed E-state index contributed by atoms with van der Waals surface area (Å²) in [6.07, 6.45) is -15.9. The number of hydrogen-bond acceptors (Lipinski definition) is 15. The van der Waals surface area contributed by atoms with Crippen LogP contribution in [0.5, 0.6) is 28.7 Å². The number of carbonyl (C=O) groups excluding carboxylic acids is 1. The molecule has 8 unspecified atom stereocenters. The average molecular weight is 611 g/mol. The normalized spacial score (nSPS) is 36.0. The first-order valence-corrected chi connectivity index (χ1v) is 13.5. The second-order valence-corrected chi connectivity index (χ2v) is 10.6. The van der Waals surface area contributed by atoms with Gasteiger partial charge < -0.3 is 69.3 Å². The molecule has 2 aromatic rings. The molecule has 3 aliphatic rings. The van der Waals surface area contributed by atoms with Gasteiger partial charge in [0.15, 0.2) is 23.6 Å². The van der Waals surface area contributed by atoms with Crippen molar-refractivity contribution in [3.8, 4) is 28.7 Å². The summed E-state index contributed by atoms with van der Waals surface area (Å²) in [5, 5.41) is 82.2. The quantitative estimate of drug-likeness (QED) is 0.185. The minimum atomic E-state index is -1.77. The zero-order valence-corrected chi connectivity index (χ0v) is 23.1. The number of ketones is 1. The number of fused-ring (bicyclic) bond motifs is 1. The summed E-state index contributed by atoms with van der Waals surface area (Å²) >= 11 is 0. The summed E-state index contributed by atoms with van der Waals surface area (Å²) in [7, 11) is 1.39. The summed E-state index contributed by atoms with van der Waals surface area (Å²) < 4.78 is 33.1. The van der Waals surface area contributed by atoms with E-state index in [9.17, 15) is 45.6 Å². The van der Waals surface area contributed by atoms with Crippen LogP contribution >= 0.6 is 0 Å². The van der Waals surface area contributed by atoms with Gasteiger partial charge in [-0.05, 0) is 24.6 Å². The van der Waals surface area contributed by atoms with Gasteiger partial charge in [0.1, 0.15) is 71.6 Å². The fourth-order valence-electron chi connectivity index (χ4n) is 5.20. The van der Waals surface area contributed by atoms with Gasteiger partial charge in [-0.15, -0.1) is 0 Å². The van der Waals surface area contributed by atoms with Crippen molar-refractivity contribution >= 4 is 5.78 Å². The zero-order valence-electron chi connectivity index (χ0n) is 23.1. The third-order valence-electron chi connectivity index (χ3n) is 7.70. The van der Waals surface area contributed by atoms with Crippen LogP contribution in [0, 0.1) is 0 Å². The lowest BCUT2D eigenvalue weighted by Gasteiger charge is -2.42. The van der Waals surface area contributed by atoms with Gasteiger partial charge in [0.25, 0.3) is 0 Å². The Morgan fingerprint density at radius 3 is 2.23 bits per heavy atom. The number of rotatable bonds is 7. The van der Waals surface area contributed by atoms with E-state index in [2.05, 4.69) is 0 Å². The molecule has 15 nitrogen and oxygen atoms in total. The molecule has 3 aliphatic heterocycles. The molecule has 3 heterocycles. The van der Waals surface area contributed by atoms with Gasteiger partial charge in [-0.2, -0.15) is 0 Å². The molecule has 0 bridgehead atoms. The average Bonchev–Trinajstić information content (AvgIpc) is 2.97. The SMILES string of the molecule is COc1ccc([C@@H]2CC(=O)c3c(O)cc(OC4OC(COC5OC(C)C(O)C(O)[C@@H]5O)C(O)C(O)[C@@H]4O)cc3O2)cc1O. The Morgan fingerprint density at radius 2 is 1.53 bits per heavy atom. The molecule has 5 rings (SSSR count). The van der Waals surface area contributed by atoms with Crippen molar-refractivity contribution in [2.45, 2.75) is 80.9 Å². The Kier molecular flexibility index (Phi) is 8.99. The van der Waals surface area contributed by atoms with Crippen LogP contribution in [0.15, 0.2) is 30.3 Å². The maximum atomic E-state index is 12.9. The molecule has 0 saturated carbocycles. The molecule has 236 valence electrons. The highest BCUT2D eigenvalue weighted by Crippen LogP contribution is 2.43. The lowest BCUT2D eigenvalue weighted by molar-refractivity contribution is -0.318. The van der Waals surface area contributed by atoms with E-state index in [0.717, 1.165) is 6.07 Å². The zero-order chi connectivity index (χ0) is 31.2. The van der Waals surface area contributed by atoms with E-state index in [1.54, 1.807) is 6.07 Å². The highest BCUT2D eigenvalue weighted by molar-refractivity contribution is 6.02. The molecule has 0 spiro atoms. The summed E-state index contributed by atoms with van der Waals surface area (Å²) in [4.78, 5) is 12.9. The van der Waals surface area contributed by atoms with Crippen molar-refractivity contribution in [2.75, 3.05) is 13.7 Å². The molecule has 0 radical (unpaired) electrons. The number of benzene rings is 2. The molecule has 15 heteroatoms. The third-order valence-corrected chi connectivity index (χ3v) is 7.70. The van der Waals surface area contributed by atoms with E-state index < -0.39 is 85.7 Å². The van der Waals surface area contributed by atoms with Gasteiger partial charge in [-0.3, -0.25) is 4.79 Å². The van der Waals surface area contributed by atoms with Crippen LogP contribution in [0.1, 0.15) is 35.4 Å². The number of Topliss-reactive ketones (excluding diaryl/α,β-unsaturated/α-hetero) is 1. The first kappa shape index (κ1) is 31.2. The summed E-state index contributed by atoms with van der Waals surface area (Å²) in [5.41, 5.74) is 0.373. The van der Waals surface area contributed by atoms with Crippen LogP contribution in [0.4, 0.5) is 0 Å². The summed E-state index contributed by atoms with van der Waals surface area (Å²) in [6, 6.07) is 6.90. The van der Waals surface area contributed by atoms with Crippen LogP contribution in [0.2, 0.25) is 0 Å². The van der Waals surface area contributed by atoms with Gasteiger partial charge >= 0.3 is 0 Å². The minimum absolute atomic E-state index is 0.0457. The predicted molar refractivity (Wildman–Crippen MR) is 141 cm³/mol. The second kappa shape index (κ2) is 12.4. The highest BCUT2D eigenvalue weighted by Gasteiger charge is 2.47. The van der Waals surface area contributed by atoms with Crippen LogP contribution in [-0.4, -0.2) is 122 Å². The highest BCUT2D eigenvalue weighted by atomic mass is 16.7. The predicted octanol–water partition coefficient (Wildman–Crippen LogP) is -1.16. The first-order valence-electron chi connectivity index (χ1n) is 13.5. The monoisotopic (exact) mass is 610 g/mol. The largest absolute Gasteiger partial charge is 0.507 e. The van der Waals surface area contributed by atoms with Crippen molar-refractivity contribution in [1.29, 1.82) is 0 Å².